The van der Waals surface area contributed by atoms with Crippen LogP contribution < -0.4 is 0 Å². The summed E-state index contributed by atoms with van der Waals surface area (Å²) in [6.07, 6.45) is 4.80. The molecule has 0 aliphatic carbocycles. The van der Waals surface area contributed by atoms with E-state index in [1.54, 1.807) is 6.08 Å². The summed E-state index contributed by atoms with van der Waals surface area (Å²) in [5, 5.41) is 0. The highest BCUT2D eigenvalue weighted by atomic mass is 16.2. The van der Waals surface area contributed by atoms with E-state index in [1.807, 2.05) is 0 Å². The van der Waals surface area contributed by atoms with Gasteiger partial charge in [0.05, 0.1) is 6.42 Å². The Hall–Kier alpha value is -1.45. The molecule has 1 heterocycles. The highest BCUT2D eigenvalue weighted by molar-refractivity contribution is 6.04. The zero-order valence-corrected chi connectivity index (χ0v) is 10.3. The number of carbonyl (C=O) groups is 3. The van der Waals surface area contributed by atoms with Gasteiger partial charge >= 0.3 is 0 Å². The molecule has 17 heavy (non-hydrogen) atoms. The first kappa shape index (κ1) is 13.6. The molecule has 1 aliphatic rings. The Labute approximate surface area is 102 Å². The molecule has 0 radical (unpaired) electrons. The predicted octanol–water partition coefficient (Wildman–Crippen LogP) is 1.70. The molecule has 1 atom stereocenters. The van der Waals surface area contributed by atoms with Gasteiger partial charge < -0.3 is 0 Å². The molecule has 1 rings (SSSR count). The van der Waals surface area contributed by atoms with Crippen LogP contribution in [0.3, 0.4) is 0 Å². The second-order valence-electron chi connectivity index (χ2n) is 4.47. The highest BCUT2D eigenvalue weighted by Crippen LogP contribution is 2.23. The Balaban J connectivity index is 2.61. The van der Waals surface area contributed by atoms with Crippen molar-refractivity contribution in [2.45, 2.75) is 39.0 Å². The maximum absolute atomic E-state index is 12.0. The molecule has 0 N–H and O–H groups in total. The molecule has 0 aromatic heterocycles. The first-order valence-corrected chi connectivity index (χ1v) is 6.00. The average molecular weight is 237 g/mol. The molecule has 0 spiro atoms. The van der Waals surface area contributed by atoms with Crippen LogP contribution in [0.25, 0.3) is 0 Å². The Morgan fingerprint density at radius 1 is 1.53 bits per heavy atom. The highest BCUT2D eigenvalue weighted by Gasteiger charge is 2.32. The third-order valence-corrected chi connectivity index (χ3v) is 2.97. The van der Waals surface area contributed by atoms with Crippen molar-refractivity contribution >= 4 is 17.6 Å². The Morgan fingerprint density at radius 3 is 2.82 bits per heavy atom. The van der Waals surface area contributed by atoms with E-state index >= 15 is 0 Å². The number of ketones is 1. The number of likely N-dealkylation sites (tertiary alicyclic amines) is 1. The van der Waals surface area contributed by atoms with E-state index in [0.717, 1.165) is 25.7 Å². The van der Waals surface area contributed by atoms with Crippen LogP contribution in [0.15, 0.2) is 12.7 Å². The van der Waals surface area contributed by atoms with Gasteiger partial charge in [0.1, 0.15) is 5.78 Å². The second kappa shape index (κ2) is 6.33. The molecule has 4 nitrogen and oxygen atoms in total. The summed E-state index contributed by atoms with van der Waals surface area (Å²) in [5.41, 5.74) is 0. The van der Waals surface area contributed by atoms with E-state index in [0.29, 0.717) is 6.54 Å². The van der Waals surface area contributed by atoms with E-state index in [-0.39, 0.29) is 29.9 Å². The monoisotopic (exact) mass is 237 g/mol. The number of allylic oxidation sites excluding steroid dienone is 1. The van der Waals surface area contributed by atoms with Gasteiger partial charge in [-0.25, -0.2) is 0 Å². The zero-order chi connectivity index (χ0) is 12.8. The molecule has 1 saturated heterocycles. The minimum absolute atomic E-state index is 0.0855. The Morgan fingerprint density at radius 2 is 2.24 bits per heavy atom. The van der Waals surface area contributed by atoms with Crippen LogP contribution in [0.5, 0.6) is 0 Å². The standard InChI is InChI=1S/C13H19NO3/c1-3-4-6-11-7-5-8-14(13(11)17)12(16)9-10(2)15/h3,11H,1,4-9H2,2H3. The van der Waals surface area contributed by atoms with Gasteiger partial charge in [0, 0.05) is 12.5 Å². The maximum Gasteiger partial charge on any atom is 0.236 e. The van der Waals surface area contributed by atoms with Gasteiger partial charge in [-0.1, -0.05) is 6.08 Å². The molecule has 0 aromatic carbocycles. The van der Waals surface area contributed by atoms with Crippen molar-refractivity contribution < 1.29 is 14.4 Å². The fourth-order valence-corrected chi connectivity index (χ4v) is 2.09. The lowest BCUT2D eigenvalue weighted by molar-refractivity contribution is -0.150. The van der Waals surface area contributed by atoms with Crippen LogP contribution in [0.2, 0.25) is 0 Å². The fraction of sp³-hybridized carbons (Fsp3) is 0.615. The number of Topliss-reactive ketones (excluding diaryl/α,β-unsaturated/α-hetero) is 1. The van der Waals surface area contributed by atoms with Crippen molar-refractivity contribution in [3.05, 3.63) is 12.7 Å². The molecular weight excluding hydrogens is 218 g/mol. The summed E-state index contributed by atoms with van der Waals surface area (Å²) in [6.45, 7) is 5.44. The molecule has 4 heteroatoms. The molecule has 0 aromatic rings. The quantitative estimate of drug-likeness (QED) is 0.540. The van der Waals surface area contributed by atoms with Crippen molar-refractivity contribution in [1.29, 1.82) is 0 Å². The molecule has 1 aliphatic heterocycles. The Bertz CT molecular complexity index is 336. The van der Waals surface area contributed by atoms with Crippen LogP contribution in [0, 0.1) is 5.92 Å². The molecule has 94 valence electrons. The summed E-state index contributed by atoms with van der Waals surface area (Å²) in [5.74, 6) is -0.760. The smallest absolute Gasteiger partial charge is 0.236 e. The number of amides is 2. The molecule has 2 amide bonds. The number of carbonyl (C=O) groups excluding carboxylic acids is 3. The number of piperidine rings is 1. The van der Waals surface area contributed by atoms with Crippen molar-refractivity contribution in [1.82, 2.24) is 4.90 Å². The SMILES string of the molecule is C=CCCC1CCCN(C(=O)CC(C)=O)C1=O. The largest absolute Gasteiger partial charge is 0.299 e. The molecule has 0 saturated carbocycles. The molecule has 1 unspecified atom stereocenters. The predicted molar refractivity (Wildman–Crippen MR) is 64.2 cm³/mol. The zero-order valence-electron chi connectivity index (χ0n) is 10.3. The van der Waals surface area contributed by atoms with Gasteiger partial charge in [-0.15, -0.1) is 6.58 Å². The first-order valence-electron chi connectivity index (χ1n) is 6.00. The molecule has 0 bridgehead atoms. The van der Waals surface area contributed by atoms with E-state index < -0.39 is 0 Å². The van der Waals surface area contributed by atoms with E-state index in [2.05, 4.69) is 6.58 Å². The van der Waals surface area contributed by atoms with Crippen molar-refractivity contribution in [2.75, 3.05) is 6.54 Å². The number of rotatable bonds is 5. The third kappa shape index (κ3) is 3.80. The topological polar surface area (TPSA) is 54.5 Å². The lowest BCUT2D eigenvalue weighted by atomic mass is 9.92. The van der Waals surface area contributed by atoms with Crippen molar-refractivity contribution in [3.63, 3.8) is 0 Å². The van der Waals surface area contributed by atoms with Gasteiger partial charge in [0.25, 0.3) is 0 Å². The van der Waals surface area contributed by atoms with Crippen LogP contribution in [0.1, 0.15) is 39.0 Å². The normalized spacial score (nSPS) is 20.2. The summed E-state index contributed by atoms with van der Waals surface area (Å²) in [7, 11) is 0. The molecule has 1 fully saturated rings. The Kier molecular flexibility index (Phi) is 5.07. The number of hydrogen-bond acceptors (Lipinski definition) is 3. The summed E-state index contributed by atoms with van der Waals surface area (Å²) in [4.78, 5) is 35.8. The van der Waals surface area contributed by atoms with Crippen LogP contribution in [-0.4, -0.2) is 29.0 Å². The first-order chi connectivity index (χ1) is 8.06. The van der Waals surface area contributed by atoms with Crippen LogP contribution in [0.4, 0.5) is 0 Å². The van der Waals surface area contributed by atoms with Crippen LogP contribution >= 0.6 is 0 Å². The van der Waals surface area contributed by atoms with Gasteiger partial charge in [-0.05, 0) is 32.6 Å². The summed E-state index contributed by atoms with van der Waals surface area (Å²) < 4.78 is 0. The van der Waals surface area contributed by atoms with E-state index in [9.17, 15) is 14.4 Å². The lowest BCUT2D eigenvalue weighted by Gasteiger charge is -2.30. The van der Waals surface area contributed by atoms with E-state index in [4.69, 9.17) is 0 Å². The average Bonchev–Trinajstić information content (AvgIpc) is 2.26. The van der Waals surface area contributed by atoms with Crippen molar-refractivity contribution in [2.24, 2.45) is 5.92 Å². The van der Waals surface area contributed by atoms with E-state index in [1.165, 1.54) is 11.8 Å². The van der Waals surface area contributed by atoms with Gasteiger partial charge in [-0.2, -0.15) is 0 Å². The number of imide groups is 1. The number of hydrogen-bond donors (Lipinski definition) is 0. The van der Waals surface area contributed by atoms with Gasteiger partial charge in [-0.3, -0.25) is 19.3 Å². The molecular formula is C13H19NO3. The fourth-order valence-electron chi connectivity index (χ4n) is 2.09. The lowest BCUT2D eigenvalue weighted by Crippen LogP contribution is -2.45. The van der Waals surface area contributed by atoms with Crippen molar-refractivity contribution in [3.8, 4) is 0 Å². The summed E-state index contributed by atoms with van der Waals surface area (Å²) >= 11 is 0. The maximum atomic E-state index is 12.0. The number of nitrogens with zero attached hydrogens (tertiary/aromatic N) is 1. The van der Waals surface area contributed by atoms with Gasteiger partial charge in [0.2, 0.25) is 11.8 Å². The third-order valence-electron chi connectivity index (χ3n) is 2.97. The minimum atomic E-state index is -0.356. The summed E-state index contributed by atoms with van der Waals surface area (Å²) in [6, 6.07) is 0. The van der Waals surface area contributed by atoms with Gasteiger partial charge in [0.15, 0.2) is 0 Å². The second-order valence-corrected chi connectivity index (χ2v) is 4.47. The van der Waals surface area contributed by atoms with Crippen LogP contribution in [-0.2, 0) is 14.4 Å². The minimum Gasteiger partial charge on any atom is -0.299 e.